The van der Waals surface area contributed by atoms with Crippen LogP contribution in [-0.2, 0) is 0 Å². The van der Waals surface area contributed by atoms with Crippen LogP contribution < -0.4 is 11.1 Å². The van der Waals surface area contributed by atoms with E-state index in [1.54, 1.807) is 6.07 Å². The maximum Gasteiger partial charge on any atom is 0.257 e. The molecule has 0 heterocycles. The van der Waals surface area contributed by atoms with Gasteiger partial charge in [-0.05, 0) is 30.3 Å². The van der Waals surface area contributed by atoms with Crippen molar-refractivity contribution in [2.24, 2.45) is 0 Å². The number of rotatable bonds is 2. The van der Waals surface area contributed by atoms with Gasteiger partial charge in [-0.1, -0.05) is 6.07 Å². The van der Waals surface area contributed by atoms with Gasteiger partial charge in [0, 0.05) is 5.69 Å². The number of nitriles is 1. The quantitative estimate of drug-likeness (QED) is 0.825. The number of carbonyl (C=O) groups is 1. The summed E-state index contributed by atoms with van der Waals surface area (Å²) in [5, 5.41) is 11.1. The molecule has 0 atom stereocenters. The number of para-hydroxylation sites is 1. The van der Waals surface area contributed by atoms with Crippen molar-refractivity contribution < 1.29 is 13.6 Å². The number of hydrogen-bond donors (Lipinski definition) is 2. The Bertz CT molecular complexity index is 723. The van der Waals surface area contributed by atoms with Crippen molar-refractivity contribution in [3.05, 3.63) is 59.2 Å². The van der Waals surface area contributed by atoms with Gasteiger partial charge >= 0.3 is 0 Å². The van der Waals surface area contributed by atoms with Gasteiger partial charge in [0.25, 0.3) is 5.91 Å². The van der Waals surface area contributed by atoms with E-state index < -0.39 is 17.5 Å². The molecule has 6 heteroatoms. The van der Waals surface area contributed by atoms with Gasteiger partial charge in [0.05, 0.1) is 16.8 Å². The first-order chi connectivity index (χ1) is 9.52. The minimum absolute atomic E-state index is 0.0344. The standard InChI is InChI=1S/C14H9F2N3O/c15-11-5-4-9(6-8(11)7-17)19-14(20)10-2-1-3-12(16)13(10)18/h1-6H,18H2,(H,19,20). The molecule has 4 nitrogen and oxygen atoms in total. The van der Waals surface area contributed by atoms with Gasteiger partial charge in [-0.25, -0.2) is 8.78 Å². The molecular formula is C14H9F2N3O. The highest BCUT2D eigenvalue weighted by molar-refractivity contribution is 6.07. The minimum Gasteiger partial charge on any atom is -0.396 e. The predicted molar refractivity (Wildman–Crippen MR) is 69.9 cm³/mol. The lowest BCUT2D eigenvalue weighted by Crippen LogP contribution is -2.15. The SMILES string of the molecule is N#Cc1cc(NC(=O)c2cccc(F)c2N)ccc1F. The highest BCUT2D eigenvalue weighted by Crippen LogP contribution is 2.19. The van der Waals surface area contributed by atoms with Crippen LogP contribution in [0.4, 0.5) is 20.2 Å². The van der Waals surface area contributed by atoms with Crippen molar-refractivity contribution in [3.63, 3.8) is 0 Å². The molecule has 0 spiro atoms. The molecule has 2 aromatic carbocycles. The van der Waals surface area contributed by atoms with E-state index >= 15 is 0 Å². The second-order valence-corrected chi connectivity index (χ2v) is 3.96. The van der Waals surface area contributed by atoms with Crippen molar-refractivity contribution in [3.8, 4) is 6.07 Å². The molecular weight excluding hydrogens is 264 g/mol. The third-order valence-electron chi connectivity index (χ3n) is 2.64. The van der Waals surface area contributed by atoms with Gasteiger partial charge in [0.1, 0.15) is 17.7 Å². The number of nitrogen functional groups attached to an aromatic ring is 1. The number of nitrogens with two attached hydrogens (primary N) is 1. The van der Waals surface area contributed by atoms with Crippen LogP contribution in [0.5, 0.6) is 0 Å². The molecule has 0 fully saturated rings. The first kappa shape index (κ1) is 13.5. The van der Waals surface area contributed by atoms with Crippen LogP contribution >= 0.6 is 0 Å². The normalized spacial score (nSPS) is 9.85. The molecule has 0 aromatic heterocycles. The molecule has 20 heavy (non-hydrogen) atoms. The summed E-state index contributed by atoms with van der Waals surface area (Å²) >= 11 is 0. The molecule has 0 aliphatic heterocycles. The van der Waals surface area contributed by atoms with Crippen molar-refractivity contribution in [2.75, 3.05) is 11.1 Å². The van der Waals surface area contributed by atoms with E-state index in [-0.39, 0.29) is 22.5 Å². The van der Waals surface area contributed by atoms with Gasteiger partial charge in [-0.3, -0.25) is 4.79 Å². The Morgan fingerprint density at radius 2 is 1.95 bits per heavy atom. The monoisotopic (exact) mass is 273 g/mol. The average Bonchev–Trinajstić information content (AvgIpc) is 2.43. The average molecular weight is 273 g/mol. The minimum atomic E-state index is -0.700. The second kappa shape index (κ2) is 5.36. The van der Waals surface area contributed by atoms with E-state index in [4.69, 9.17) is 11.0 Å². The number of nitrogens with zero attached hydrogens (tertiary/aromatic N) is 1. The maximum atomic E-state index is 13.3. The number of hydrogen-bond acceptors (Lipinski definition) is 3. The Morgan fingerprint density at radius 1 is 1.20 bits per heavy atom. The fourth-order valence-electron chi connectivity index (χ4n) is 1.62. The molecule has 0 aliphatic carbocycles. The molecule has 0 unspecified atom stereocenters. The van der Waals surface area contributed by atoms with E-state index in [2.05, 4.69) is 5.32 Å². The lowest BCUT2D eigenvalue weighted by Gasteiger charge is -2.08. The fourth-order valence-corrected chi connectivity index (χ4v) is 1.62. The molecule has 2 rings (SSSR count). The molecule has 0 saturated heterocycles. The largest absolute Gasteiger partial charge is 0.396 e. The number of amides is 1. The summed E-state index contributed by atoms with van der Waals surface area (Å²) in [6.45, 7) is 0. The number of carbonyl (C=O) groups excluding carboxylic acids is 1. The summed E-state index contributed by atoms with van der Waals surface area (Å²) < 4.78 is 26.4. The Balaban J connectivity index is 2.29. The van der Waals surface area contributed by atoms with Crippen LogP contribution in [0.1, 0.15) is 15.9 Å². The second-order valence-electron chi connectivity index (χ2n) is 3.96. The molecule has 0 saturated carbocycles. The van der Waals surface area contributed by atoms with Gasteiger partial charge in [-0.2, -0.15) is 5.26 Å². The van der Waals surface area contributed by atoms with Crippen LogP contribution in [-0.4, -0.2) is 5.91 Å². The summed E-state index contributed by atoms with van der Waals surface area (Å²) in [5.41, 5.74) is 5.18. The first-order valence-electron chi connectivity index (χ1n) is 5.58. The molecule has 0 aliphatic rings. The van der Waals surface area contributed by atoms with E-state index in [1.807, 2.05) is 0 Å². The summed E-state index contributed by atoms with van der Waals surface area (Å²) in [6, 6.07) is 9.05. The number of nitrogens with one attached hydrogen (secondary N) is 1. The first-order valence-corrected chi connectivity index (χ1v) is 5.58. The Hall–Kier alpha value is -2.94. The molecule has 0 radical (unpaired) electrons. The van der Waals surface area contributed by atoms with Gasteiger partial charge in [0.2, 0.25) is 0 Å². The summed E-state index contributed by atoms with van der Waals surface area (Å²) in [4.78, 5) is 11.9. The van der Waals surface area contributed by atoms with Crippen LogP contribution in [0.15, 0.2) is 36.4 Å². The van der Waals surface area contributed by atoms with Crippen molar-refractivity contribution in [1.29, 1.82) is 5.26 Å². The van der Waals surface area contributed by atoms with Crippen LogP contribution in [0.25, 0.3) is 0 Å². The third kappa shape index (κ3) is 2.57. The van der Waals surface area contributed by atoms with Crippen molar-refractivity contribution in [2.45, 2.75) is 0 Å². The van der Waals surface area contributed by atoms with E-state index in [9.17, 15) is 13.6 Å². The molecule has 2 aromatic rings. The zero-order valence-corrected chi connectivity index (χ0v) is 10.2. The summed E-state index contributed by atoms with van der Waals surface area (Å²) in [6.07, 6.45) is 0. The number of benzene rings is 2. The topological polar surface area (TPSA) is 78.9 Å². The lowest BCUT2D eigenvalue weighted by atomic mass is 10.1. The summed E-state index contributed by atoms with van der Waals surface area (Å²) in [5.74, 6) is -2.03. The highest BCUT2D eigenvalue weighted by atomic mass is 19.1. The van der Waals surface area contributed by atoms with Crippen molar-refractivity contribution >= 4 is 17.3 Å². The number of halogens is 2. The molecule has 1 amide bonds. The fraction of sp³-hybridized carbons (Fsp3) is 0. The smallest absolute Gasteiger partial charge is 0.257 e. The van der Waals surface area contributed by atoms with Crippen molar-refractivity contribution in [1.82, 2.24) is 0 Å². The van der Waals surface area contributed by atoms with E-state index in [1.165, 1.54) is 24.3 Å². The molecule has 100 valence electrons. The Labute approximate surface area is 113 Å². The lowest BCUT2D eigenvalue weighted by molar-refractivity contribution is 0.102. The Morgan fingerprint density at radius 3 is 2.65 bits per heavy atom. The third-order valence-corrected chi connectivity index (χ3v) is 2.64. The predicted octanol–water partition coefficient (Wildman–Crippen LogP) is 2.67. The highest BCUT2D eigenvalue weighted by Gasteiger charge is 2.13. The van der Waals surface area contributed by atoms with Gasteiger partial charge < -0.3 is 11.1 Å². The number of anilines is 2. The van der Waals surface area contributed by atoms with Crippen LogP contribution in [0.2, 0.25) is 0 Å². The zero-order valence-electron chi connectivity index (χ0n) is 10.2. The zero-order chi connectivity index (χ0) is 14.7. The van der Waals surface area contributed by atoms with E-state index in [0.29, 0.717) is 0 Å². The van der Waals surface area contributed by atoms with Gasteiger partial charge in [0.15, 0.2) is 0 Å². The Kier molecular flexibility index (Phi) is 3.62. The van der Waals surface area contributed by atoms with Gasteiger partial charge in [-0.15, -0.1) is 0 Å². The van der Waals surface area contributed by atoms with Crippen LogP contribution in [0.3, 0.4) is 0 Å². The maximum absolute atomic E-state index is 13.3. The molecule has 0 bridgehead atoms. The van der Waals surface area contributed by atoms with Crippen LogP contribution in [0, 0.1) is 23.0 Å². The molecule has 3 N–H and O–H groups in total. The van der Waals surface area contributed by atoms with E-state index in [0.717, 1.165) is 12.1 Å². The summed E-state index contributed by atoms with van der Waals surface area (Å²) in [7, 11) is 0.